The van der Waals surface area contributed by atoms with Gasteiger partial charge < -0.3 is 5.32 Å². The van der Waals surface area contributed by atoms with Crippen molar-refractivity contribution in [2.75, 3.05) is 10.0 Å². The first-order valence-electron chi connectivity index (χ1n) is 10.9. The van der Waals surface area contributed by atoms with E-state index in [2.05, 4.69) is 28.3 Å². The Kier molecular flexibility index (Phi) is 5.48. The van der Waals surface area contributed by atoms with Crippen LogP contribution in [0.3, 0.4) is 0 Å². The van der Waals surface area contributed by atoms with Crippen LogP contribution in [0.4, 0.5) is 11.4 Å². The number of aryl methyl sites for hydroxylation is 1. The maximum Gasteiger partial charge on any atom is 0.261 e. The van der Waals surface area contributed by atoms with Gasteiger partial charge in [0, 0.05) is 16.6 Å². The van der Waals surface area contributed by atoms with E-state index in [0.717, 1.165) is 40.2 Å². The number of hydrogen-bond acceptors (Lipinski definition) is 3. The number of rotatable bonds is 5. The number of nitrogens with one attached hydrogen (secondary N) is 2. The Morgan fingerprint density at radius 2 is 1.91 bits per heavy atom. The van der Waals surface area contributed by atoms with E-state index in [1.54, 1.807) is 6.07 Å². The topological polar surface area (TPSA) is 58.2 Å². The third-order valence-electron chi connectivity index (χ3n) is 6.49. The lowest BCUT2D eigenvalue weighted by molar-refractivity contribution is 0.425. The highest BCUT2D eigenvalue weighted by Crippen LogP contribution is 2.50. The molecule has 0 bridgehead atoms. The first-order valence-corrected chi connectivity index (χ1v) is 12.8. The van der Waals surface area contributed by atoms with E-state index >= 15 is 0 Å². The van der Waals surface area contributed by atoms with E-state index < -0.39 is 10.0 Å². The average Bonchev–Trinajstić information content (AvgIpc) is 3.28. The van der Waals surface area contributed by atoms with Gasteiger partial charge in [-0.15, -0.1) is 0 Å². The largest absolute Gasteiger partial charge is 0.378 e. The van der Waals surface area contributed by atoms with Gasteiger partial charge in [-0.1, -0.05) is 61.0 Å². The Morgan fingerprint density at radius 1 is 1.06 bits per heavy atom. The molecule has 0 saturated carbocycles. The van der Waals surface area contributed by atoms with Crippen molar-refractivity contribution < 1.29 is 8.42 Å². The first kappa shape index (κ1) is 21.1. The SMILES string of the molecule is CCc1ccccc1NS(=O)(=O)c1ccc2c(c1)[C@H]1C=CC[C@H]1[C@@H](c1cccc(Cl)c1)N2. The van der Waals surface area contributed by atoms with Crippen LogP contribution < -0.4 is 10.0 Å². The minimum absolute atomic E-state index is 0.123. The molecule has 0 aromatic heterocycles. The van der Waals surface area contributed by atoms with Crippen LogP contribution in [0.15, 0.2) is 83.8 Å². The first-order chi connectivity index (χ1) is 15.5. The molecule has 0 amide bonds. The van der Waals surface area contributed by atoms with E-state index in [-0.39, 0.29) is 16.9 Å². The van der Waals surface area contributed by atoms with Crippen LogP contribution in [0.1, 0.15) is 42.0 Å². The summed E-state index contributed by atoms with van der Waals surface area (Å²) in [6.45, 7) is 2.01. The summed E-state index contributed by atoms with van der Waals surface area (Å²) >= 11 is 6.25. The van der Waals surface area contributed by atoms with Crippen LogP contribution in [0, 0.1) is 5.92 Å². The summed E-state index contributed by atoms with van der Waals surface area (Å²) in [5.74, 6) is 0.473. The van der Waals surface area contributed by atoms with Crippen molar-refractivity contribution in [2.45, 2.75) is 36.6 Å². The van der Waals surface area contributed by atoms with Gasteiger partial charge in [-0.05, 0) is 71.8 Å². The molecular formula is C26H25ClN2O2S. The number of sulfonamides is 1. The van der Waals surface area contributed by atoms with Gasteiger partial charge in [0.05, 0.1) is 16.6 Å². The summed E-state index contributed by atoms with van der Waals surface area (Å²) in [4.78, 5) is 0.282. The second kappa shape index (κ2) is 8.30. The standard InChI is InChI=1S/C26H25ClN2O2S/c1-2-17-7-3-4-12-24(17)29-32(30,31)20-13-14-25-23(16-20)21-10-6-11-22(21)26(28-25)18-8-5-9-19(27)15-18/h3-10,12-16,21-22,26,28-29H,2,11H2,1H3/t21-,22+,26+/m0/s1. The van der Waals surface area contributed by atoms with Gasteiger partial charge in [0.1, 0.15) is 0 Å². The number of fused-ring (bicyclic) bond motifs is 3. The summed E-state index contributed by atoms with van der Waals surface area (Å²) in [6, 6.07) is 21.0. The molecule has 2 N–H and O–H groups in total. The van der Waals surface area contributed by atoms with Gasteiger partial charge in [0.25, 0.3) is 10.0 Å². The van der Waals surface area contributed by atoms with E-state index in [9.17, 15) is 8.42 Å². The quantitative estimate of drug-likeness (QED) is 0.422. The molecule has 0 unspecified atom stereocenters. The van der Waals surface area contributed by atoms with Crippen molar-refractivity contribution in [1.29, 1.82) is 0 Å². The van der Waals surface area contributed by atoms with Gasteiger partial charge >= 0.3 is 0 Å². The maximum absolute atomic E-state index is 13.2. The van der Waals surface area contributed by atoms with Crippen molar-refractivity contribution in [3.63, 3.8) is 0 Å². The van der Waals surface area contributed by atoms with Crippen molar-refractivity contribution in [3.05, 3.63) is 101 Å². The Hall–Kier alpha value is -2.76. The molecule has 2 aliphatic rings. The predicted octanol–water partition coefficient (Wildman–Crippen LogP) is 6.53. The molecule has 3 aromatic rings. The molecule has 0 fully saturated rings. The lowest BCUT2D eigenvalue weighted by Crippen LogP contribution is -2.29. The Bertz CT molecular complexity index is 1300. The van der Waals surface area contributed by atoms with E-state index in [4.69, 9.17) is 11.6 Å². The molecular weight excluding hydrogens is 440 g/mol. The molecule has 4 nitrogen and oxygen atoms in total. The van der Waals surface area contributed by atoms with Gasteiger partial charge in [0.15, 0.2) is 0 Å². The van der Waals surface area contributed by atoms with Crippen LogP contribution in [0.2, 0.25) is 5.02 Å². The Labute approximate surface area is 194 Å². The minimum atomic E-state index is -3.70. The molecule has 5 rings (SSSR count). The third-order valence-corrected chi connectivity index (χ3v) is 8.09. The zero-order valence-electron chi connectivity index (χ0n) is 17.8. The lowest BCUT2D eigenvalue weighted by Gasteiger charge is -2.37. The molecule has 3 aromatic carbocycles. The van der Waals surface area contributed by atoms with Crippen molar-refractivity contribution in [3.8, 4) is 0 Å². The number of benzene rings is 3. The van der Waals surface area contributed by atoms with E-state index in [1.165, 1.54) is 0 Å². The van der Waals surface area contributed by atoms with Crippen molar-refractivity contribution in [2.24, 2.45) is 5.92 Å². The highest BCUT2D eigenvalue weighted by Gasteiger charge is 2.38. The van der Waals surface area contributed by atoms with E-state index in [0.29, 0.717) is 11.6 Å². The summed E-state index contributed by atoms with van der Waals surface area (Å²) in [5, 5.41) is 4.36. The third kappa shape index (κ3) is 3.80. The highest BCUT2D eigenvalue weighted by molar-refractivity contribution is 7.92. The molecule has 3 atom stereocenters. The van der Waals surface area contributed by atoms with Gasteiger partial charge in [-0.3, -0.25) is 4.72 Å². The summed E-state index contributed by atoms with van der Waals surface area (Å²) in [5.41, 5.74) is 4.74. The fourth-order valence-electron chi connectivity index (χ4n) is 4.90. The number of halogens is 1. The van der Waals surface area contributed by atoms with E-state index in [1.807, 2.05) is 61.5 Å². The molecule has 164 valence electrons. The van der Waals surface area contributed by atoms with Crippen LogP contribution >= 0.6 is 11.6 Å². The normalized spacial score (nSPS) is 21.5. The molecule has 1 heterocycles. The number of anilines is 2. The van der Waals surface area contributed by atoms with Crippen LogP contribution in [0.25, 0.3) is 0 Å². The van der Waals surface area contributed by atoms with Crippen molar-refractivity contribution >= 4 is 33.0 Å². The fourth-order valence-corrected chi connectivity index (χ4v) is 6.24. The maximum atomic E-state index is 13.2. The highest BCUT2D eigenvalue weighted by atomic mass is 35.5. The molecule has 32 heavy (non-hydrogen) atoms. The number of para-hydroxylation sites is 1. The summed E-state index contributed by atoms with van der Waals surface area (Å²) < 4.78 is 29.2. The van der Waals surface area contributed by atoms with Gasteiger partial charge in [-0.2, -0.15) is 0 Å². The zero-order valence-corrected chi connectivity index (χ0v) is 19.3. The Morgan fingerprint density at radius 3 is 2.72 bits per heavy atom. The number of hydrogen-bond donors (Lipinski definition) is 2. The zero-order chi connectivity index (χ0) is 22.3. The van der Waals surface area contributed by atoms with Gasteiger partial charge in [-0.25, -0.2) is 8.42 Å². The Balaban J connectivity index is 1.50. The molecule has 1 aliphatic heterocycles. The number of allylic oxidation sites excluding steroid dienone is 2. The predicted molar refractivity (Wildman–Crippen MR) is 131 cm³/mol. The van der Waals surface area contributed by atoms with Crippen LogP contribution in [0.5, 0.6) is 0 Å². The smallest absolute Gasteiger partial charge is 0.261 e. The fraction of sp³-hybridized carbons (Fsp3) is 0.231. The molecule has 0 saturated heterocycles. The van der Waals surface area contributed by atoms with Crippen molar-refractivity contribution in [1.82, 2.24) is 0 Å². The monoisotopic (exact) mass is 464 g/mol. The van der Waals surface area contributed by atoms with Gasteiger partial charge in [0.2, 0.25) is 0 Å². The molecule has 1 aliphatic carbocycles. The second-order valence-electron chi connectivity index (χ2n) is 8.40. The molecule has 0 spiro atoms. The molecule has 0 radical (unpaired) electrons. The molecule has 6 heteroatoms. The lowest BCUT2D eigenvalue weighted by atomic mass is 9.77. The summed E-state index contributed by atoms with van der Waals surface area (Å²) in [6.07, 6.45) is 6.10. The minimum Gasteiger partial charge on any atom is -0.378 e. The second-order valence-corrected chi connectivity index (χ2v) is 10.5. The van der Waals surface area contributed by atoms with Crippen LogP contribution in [-0.2, 0) is 16.4 Å². The average molecular weight is 465 g/mol. The summed E-state index contributed by atoms with van der Waals surface area (Å²) in [7, 11) is -3.70. The van der Waals surface area contributed by atoms with Crippen LogP contribution in [-0.4, -0.2) is 8.42 Å².